The van der Waals surface area contributed by atoms with Crippen molar-refractivity contribution in [3.05, 3.63) is 89.4 Å². The Bertz CT molecular complexity index is 898. The van der Waals surface area contributed by atoms with Crippen LogP contribution in [-0.4, -0.2) is 18.4 Å². The maximum atomic E-state index is 12.4. The number of hydrogen-bond donors (Lipinski definition) is 1. The number of benzene rings is 2. The Balaban J connectivity index is 1.61. The zero-order chi connectivity index (χ0) is 19.1. The van der Waals surface area contributed by atoms with Crippen molar-refractivity contribution in [3.8, 4) is 0 Å². The molecular weight excluding hydrogens is 342 g/mol. The number of anilines is 1. The third-order valence-electron chi connectivity index (χ3n) is 4.20. The SMILES string of the molecule is CCc1ccc(C(=O)COC(=O)c2ccccc2NCc2ccco2)cc1. The lowest BCUT2D eigenvalue weighted by atomic mass is 10.1. The molecule has 0 amide bonds. The number of furan rings is 1. The van der Waals surface area contributed by atoms with E-state index in [1.54, 1.807) is 42.7 Å². The van der Waals surface area contributed by atoms with Crippen molar-refractivity contribution in [2.45, 2.75) is 19.9 Å². The fraction of sp³-hybridized carbons (Fsp3) is 0.182. The van der Waals surface area contributed by atoms with E-state index in [1.165, 1.54) is 0 Å². The van der Waals surface area contributed by atoms with Gasteiger partial charge in [0.05, 0.1) is 18.4 Å². The standard InChI is InChI=1S/C22H21NO4/c1-2-16-9-11-17(12-10-16)21(24)15-27-22(25)19-7-3-4-8-20(19)23-14-18-6-5-13-26-18/h3-13,23H,2,14-15H2,1H3. The van der Waals surface area contributed by atoms with Gasteiger partial charge in [0.1, 0.15) is 5.76 Å². The quantitative estimate of drug-likeness (QED) is 0.472. The first-order valence-corrected chi connectivity index (χ1v) is 8.82. The first kappa shape index (κ1) is 18.5. The number of rotatable bonds is 8. The molecule has 0 aliphatic heterocycles. The molecule has 1 aromatic heterocycles. The van der Waals surface area contributed by atoms with Crippen LogP contribution < -0.4 is 5.32 Å². The minimum Gasteiger partial charge on any atom is -0.467 e. The van der Waals surface area contributed by atoms with Crippen molar-refractivity contribution in [2.75, 3.05) is 11.9 Å². The molecule has 5 heteroatoms. The fourth-order valence-electron chi connectivity index (χ4n) is 2.63. The Morgan fingerprint density at radius 1 is 1.00 bits per heavy atom. The maximum Gasteiger partial charge on any atom is 0.340 e. The molecule has 0 saturated heterocycles. The molecule has 27 heavy (non-hydrogen) atoms. The Morgan fingerprint density at radius 2 is 1.78 bits per heavy atom. The lowest BCUT2D eigenvalue weighted by molar-refractivity contribution is 0.0475. The summed E-state index contributed by atoms with van der Waals surface area (Å²) in [5, 5.41) is 3.15. The zero-order valence-corrected chi connectivity index (χ0v) is 15.1. The molecule has 0 saturated carbocycles. The van der Waals surface area contributed by atoms with Gasteiger partial charge in [0.2, 0.25) is 0 Å². The van der Waals surface area contributed by atoms with Crippen LogP contribution in [0, 0.1) is 0 Å². The molecule has 3 aromatic rings. The molecule has 0 aliphatic rings. The molecule has 138 valence electrons. The van der Waals surface area contributed by atoms with Crippen LogP contribution in [0.25, 0.3) is 0 Å². The fourth-order valence-corrected chi connectivity index (χ4v) is 2.63. The molecule has 5 nitrogen and oxygen atoms in total. The number of esters is 1. The highest BCUT2D eigenvalue weighted by Gasteiger charge is 2.15. The summed E-state index contributed by atoms with van der Waals surface area (Å²) in [6, 6.07) is 18.0. The minimum atomic E-state index is -0.545. The monoisotopic (exact) mass is 363 g/mol. The summed E-state index contributed by atoms with van der Waals surface area (Å²) < 4.78 is 10.5. The van der Waals surface area contributed by atoms with Crippen molar-refractivity contribution in [1.29, 1.82) is 0 Å². The lowest BCUT2D eigenvalue weighted by Gasteiger charge is -2.11. The van der Waals surface area contributed by atoms with Gasteiger partial charge in [-0.1, -0.05) is 43.3 Å². The second-order valence-corrected chi connectivity index (χ2v) is 6.03. The van der Waals surface area contributed by atoms with Gasteiger partial charge in [0, 0.05) is 11.3 Å². The van der Waals surface area contributed by atoms with Crippen molar-refractivity contribution >= 4 is 17.4 Å². The second-order valence-electron chi connectivity index (χ2n) is 6.03. The van der Waals surface area contributed by atoms with Gasteiger partial charge >= 0.3 is 5.97 Å². The molecule has 0 aliphatic carbocycles. The normalized spacial score (nSPS) is 10.4. The number of ether oxygens (including phenoxy) is 1. The molecular formula is C22H21NO4. The van der Waals surface area contributed by atoms with Gasteiger partial charge in [-0.2, -0.15) is 0 Å². The summed E-state index contributed by atoms with van der Waals surface area (Å²) in [6.07, 6.45) is 2.50. The maximum absolute atomic E-state index is 12.4. The first-order chi connectivity index (χ1) is 13.2. The summed E-state index contributed by atoms with van der Waals surface area (Å²) in [5.41, 5.74) is 2.68. The van der Waals surface area contributed by atoms with Crippen LogP contribution in [0.4, 0.5) is 5.69 Å². The van der Waals surface area contributed by atoms with Crippen LogP contribution in [0.15, 0.2) is 71.3 Å². The van der Waals surface area contributed by atoms with Gasteiger partial charge in [0.15, 0.2) is 12.4 Å². The van der Waals surface area contributed by atoms with Crippen molar-refractivity contribution in [2.24, 2.45) is 0 Å². The Kier molecular flexibility index (Phi) is 6.05. The smallest absolute Gasteiger partial charge is 0.340 e. The van der Waals surface area contributed by atoms with E-state index in [2.05, 4.69) is 12.2 Å². The van der Waals surface area contributed by atoms with Crippen molar-refractivity contribution in [1.82, 2.24) is 0 Å². The number of aryl methyl sites for hydroxylation is 1. The number of carbonyl (C=O) groups is 2. The van der Waals surface area contributed by atoms with Gasteiger partial charge in [-0.3, -0.25) is 4.79 Å². The number of Topliss-reactive ketones (excluding diaryl/α,β-unsaturated/α-hetero) is 1. The van der Waals surface area contributed by atoms with Crippen LogP contribution in [0.2, 0.25) is 0 Å². The van der Waals surface area contributed by atoms with E-state index in [4.69, 9.17) is 9.15 Å². The topological polar surface area (TPSA) is 68.5 Å². The highest BCUT2D eigenvalue weighted by molar-refractivity contribution is 6.00. The highest BCUT2D eigenvalue weighted by Crippen LogP contribution is 2.18. The average Bonchev–Trinajstić information content (AvgIpc) is 3.24. The summed E-state index contributed by atoms with van der Waals surface area (Å²) in [6.45, 7) is 2.20. The molecule has 0 atom stereocenters. The van der Waals surface area contributed by atoms with Crippen LogP contribution in [0.1, 0.15) is 39.0 Å². The van der Waals surface area contributed by atoms with Crippen LogP contribution in [0.5, 0.6) is 0 Å². The number of para-hydroxylation sites is 1. The molecule has 0 radical (unpaired) electrons. The molecule has 0 fully saturated rings. The Morgan fingerprint density at radius 3 is 2.48 bits per heavy atom. The number of hydrogen-bond acceptors (Lipinski definition) is 5. The number of nitrogens with one attached hydrogen (secondary N) is 1. The van der Waals surface area contributed by atoms with E-state index >= 15 is 0 Å². The van der Waals surface area contributed by atoms with Gasteiger partial charge in [-0.15, -0.1) is 0 Å². The minimum absolute atomic E-state index is 0.230. The van der Waals surface area contributed by atoms with E-state index in [0.717, 1.165) is 17.7 Å². The summed E-state index contributed by atoms with van der Waals surface area (Å²) in [5.74, 6) is -0.0213. The van der Waals surface area contributed by atoms with E-state index < -0.39 is 5.97 Å². The number of ketones is 1. The summed E-state index contributed by atoms with van der Waals surface area (Å²) in [7, 11) is 0. The molecule has 0 unspecified atom stereocenters. The zero-order valence-electron chi connectivity index (χ0n) is 15.1. The van der Waals surface area contributed by atoms with E-state index in [-0.39, 0.29) is 12.4 Å². The highest BCUT2D eigenvalue weighted by atomic mass is 16.5. The molecule has 1 N–H and O–H groups in total. The largest absolute Gasteiger partial charge is 0.467 e. The predicted octanol–water partition coefficient (Wildman–Crippen LogP) is 4.49. The summed E-state index contributed by atoms with van der Waals surface area (Å²) in [4.78, 5) is 24.7. The average molecular weight is 363 g/mol. The van der Waals surface area contributed by atoms with Gasteiger partial charge < -0.3 is 14.5 Å². The molecule has 0 spiro atoms. The second kappa shape index (κ2) is 8.85. The third-order valence-corrected chi connectivity index (χ3v) is 4.20. The Labute approximate surface area is 158 Å². The molecule has 1 heterocycles. The van der Waals surface area contributed by atoms with Gasteiger partial charge in [-0.25, -0.2) is 4.79 Å². The summed E-state index contributed by atoms with van der Waals surface area (Å²) >= 11 is 0. The van der Waals surface area contributed by atoms with E-state index in [1.807, 2.05) is 24.3 Å². The van der Waals surface area contributed by atoms with Crippen LogP contribution >= 0.6 is 0 Å². The predicted molar refractivity (Wildman–Crippen MR) is 103 cm³/mol. The van der Waals surface area contributed by atoms with E-state index in [9.17, 15) is 9.59 Å². The number of carbonyl (C=O) groups excluding carboxylic acids is 2. The third kappa shape index (κ3) is 4.85. The molecule has 2 aromatic carbocycles. The first-order valence-electron chi connectivity index (χ1n) is 8.82. The van der Waals surface area contributed by atoms with Crippen LogP contribution in [0.3, 0.4) is 0 Å². The van der Waals surface area contributed by atoms with E-state index in [0.29, 0.717) is 23.4 Å². The molecule has 0 bridgehead atoms. The lowest BCUT2D eigenvalue weighted by Crippen LogP contribution is -2.15. The molecule has 3 rings (SSSR count). The Hall–Kier alpha value is -3.34. The van der Waals surface area contributed by atoms with Gasteiger partial charge in [-0.05, 0) is 36.2 Å². The van der Waals surface area contributed by atoms with Crippen LogP contribution in [-0.2, 0) is 17.7 Å². The van der Waals surface area contributed by atoms with Crippen molar-refractivity contribution < 1.29 is 18.7 Å². The van der Waals surface area contributed by atoms with Gasteiger partial charge in [0.25, 0.3) is 0 Å². The van der Waals surface area contributed by atoms with Crippen molar-refractivity contribution in [3.63, 3.8) is 0 Å².